The molecule has 0 amide bonds. The van der Waals surface area contributed by atoms with Crippen molar-refractivity contribution in [2.24, 2.45) is 0 Å². The Balaban J connectivity index is 1.66. The fourth-order valence-electron chi connectivity index (χ4n) is 3.60. The topological polar surface area (TPSA) is 94.9 Å². The van der Waals surface area contributed by atoms with Crippen molar-refractivity contribution in [1.82, 2.24) is 4.57 Å². The van der Waals surface area contributed by atoms with Gasteiger partial charge in [-0.1, -0.05) is 18.2 Å². The number of sulfonamides is 1. The van der Waals surface area contributed by atoms with Gasteiger partial charge >= 0.3 is 5.97 Å². The number of aryl methyl sites for hydroxylation is 1. The molecule has 0 fully saturated rings. The summed E-state index contributed by atoms with van der Waals surface area (Å²) in [4.78, 5) is 25.1. The number of ketones is 1. The molecule has 3 rings (SSSR count). The van der Waals surface area contributed by atoms with Gasteiger partial charge in [0.2, 0.25) is 5.78 Å². The van der Waals surface area contributed by atoms with E-state index in [4.69, 9.17) is 9.47 Å². The smallest absolute Gasteiger partial charge is 0.338 e. The zero-order chi connectivity index (χ0) is 24.9. The van der Waals surface area contributed by atoms with Crippen molar-refractivity contribution in [3.8, 4) is 0 Å². The van der Waals surface area contributed by atoms with E-state index in [1.54, 1.807) is 43.5 Å². The van der Waals surface area contributed by atoms with E-state index in [2.05, 4.69) is 0 Å². The lowest BCUT2D eigenvalue weighted by molar-refractivity contribution is 0.0474. The second kappa shape index (κ2) is 10.7. The molecule has 3 aromatic rings. The highest BCUT2D eigenvalue weighted by atomic mass is 32.2. The van der Waals surface area contributed by atoms with Crippen LogP contribution in [0, 0.1) is 13.8 Å². The minimum absolute atomic E-state index is 0.0370. The number of rotatable bonds is 10. The third kappa shape index (κ3) is 5.37. The summed E-state index contributed by atoms with van der Waals surface area (Å²) in [6.07, 6.45) is 0. The Hall–Kier alpha value is -3.43. The Kier molecular flexibility index (Phi) is 7.90. The Morgan fingerprint density at radius 2 is 1.65 bits per heavy atom. The fraction of sp³-hybridized carbons (Fsp3) is 0.280. The van der Waals surface area contributed by atoms with Crippen molar-refractivity contribution in [2.75, 3.05) is 31.7 Å². The van der Waals surface area contributed by atoms with Gasteiger partial charge in [0, 0.05) is 37.7 Å². The number of anilines is 1. The molecule has 1 heterocycles. The molecule has 1 aromatic heterocycles. The van der Waals surface area contributed by atoms with E-state index in [9.17, 15) is 18.0 Å². The second-order valence-electron chi connectivity index (χ2n) is 7.76. The monoisotopic (exact) mass is 484 g/mol. The van der Waals surface area contributed by atoms with Crippen LogP contribution in [0.5, 0.6) is 0 Å². The molecule has 2 aromatic carbocycles. The fourth-order valence-corrected chi connectivity index (χ4v) is 4.80. The van der Waals surface area contributed by atoms with Gasteiger partial charge in [-0.25, -0.2) is 13.2 Å². The molecule has 0 aliphatic rings. The number of para-hydroxylation sites is 1. The van der Waals surface area contributed by atoms with Crippen LogP contribution >= 0.6 is 0 Å². The number of Topliss-reactive ketones (excluding diaryl/α,β-unsaturated/α-hetero) is 1. The van der Waals surface area contributed by atoms with Crippen molar-refractivity contribution in [3.05, 3.63) is 83.2 Å². The number of benzene rings is 2. The van der Waals surface area contributed by atoms with Gasteiger partial charge in [0.05, 0.1) is 22.8 Å². The van der Waals surface area contributed by atoms with Crippen LogP contribution in [-0.2, 0) is 26.0 Å². The quantitative estimate of drug-likeness (QED) is 0.322. The number of nitrogens with zero attached hydrogens (tertiary/aromatic N) is 2. The highest BCUT2D eigenvalue weighted by Gasteiger charge is 2.22. The van der Waals surface area contributed by atoms with E-state index >= 15 is 0 Å². The molecule has 0 unspecified atom stereocenters. The first-order valence-electron chi connectivity index (χ1n) is 10.7. The number of methoxy groups -OCH3 is 1. The average molecular weight is 485 g/mol. The van der Waals surface area contributed by atoms with E-state index in [0.717, 1.165) is 11.4 Å². The normalized spacial score (nSPS) is 11.3. The number of hydrogen-bond acceptors (Lipinski definition) is 6. The molecule has 0 atom stereocenters. The van der Waals surface area contributed by atoms with Gasteiger partial charge in [0.15, 0.2) is 6.61 Å². The van der Waals surface area contributed by atoms with Gasteiger partial charge < -0.3 is 14.0 Å². The summed E-state index contributed by atoms with van der Waals surface area (Å²) in [5.74, 6) is -1.02. The lowest BCUT2D eigenvalue weighted by atomic mass is 10.1. The summed E-state index contributed by atoms with van der Waals surface area (Å²) in [5, 5.41) is 0. The molecular weight excluding hydrogens is 456 g/mol. The van der Waals surface area contributed by atoms with E-state index in [0.29, 0.717) is 24.4 Å². The summed E-state index contributed by atoms with van der Waals surface area (Å²) in [6, 6.07) is 15.9. The van der Waals surface area contributed by atoms with E-state index in [-0.39, 0.29) is 16.2 Å². The number of esters is 1. The van der Waals surface area contributed by atoms with Crippen molar-refractivity contribution < 1.29 is 27.5 Å². The zero-order valence-corrected chi connectivity index (χ0v) is 20.5. The second-order valence-corrected chi connectivity index (χ2v) is 9.73. The SMILES string of the molecule is COCCn1c(C)cc(C(=O)COC(=O)c2ccc(S(=O)(=O)N(C)c3ccccc3)cc2)c1C. The van der Waals surface area contributed by atoms with Crippen molar-refractivity contribution in [2.45, 2.75) is 25.3 Å². The predicted octanol–water partition coefficient (Wildman–Crippen LogP) is 3.62. The first-order valence-corrected chi connectivity index (χ1v) is 12.1. The molecule has 8 nitrogen and oxygen atoms in total. The minimum atomic E-state index is -3.79. The van der Waals surface area contributed by atoms with E-state index in [1.165, 1.54) is 35.6 Å². The Morgan fingerprint density at radius 3 is 2.26 bits per heavy atom. The number of carbonyl (C=O) groups excluding carboxylic acids is 2. The molecule has 0 aliphatic carbocycles. The number of carbonyl (C=O) groups is 2. The molecular formula is C25H28N2O6S. The molecule has 0 spiro atoms. The van der Waals surface area contributed by atoms with Crippen LogP contribution in [0.4, 0.5) is 5.69 Å². The highest BCUT2D eigenvalue weighted by molar-refractivity contribution is 7.92. The van der Waals surface area contributed by atoms with Crippen molar-refractivity contribution >= 4 is 27.5 Å². The van der Waals surface area contributed by atoms with Gasteiger partial charge in [0.1, 0.15) is 0 Å². The van der Waals surface area contributed by atoms with Crippen LogP contribution in [0.1, 0.15) is 32.1 Å². The van der Waals surface area contributed by atoms with Crippen molar-refractivity contribution in [1.29, 1.82) is 0 Å². The predicted molar refractivity (Wildman–Crippen MR) is 129 cm³/mol. The summed E-state index contributed by atoms with van der Waals surface area (Å²) >= 11 is 0. The zero-order valence-electron chi connectivity index (χ0n) is 19.6. The summed E-state index contributed by atoms with van der Waals surface area (Å²) < 4.78 is 39.2. The van der Waals surface area contributed by atoms with Crippen LogP contribution in [0.25, 0.3) is 0 Å². The summed E-state index contributed by atoms with van der Waals surface area (Å²) in [5.41, 5.74) is 2.87. The Labute approximate surface area is 199 Å². The summed E-state index contributed by atoms with van der Waals surface area (Å²) in [6.45, 7) is 4.46. The van der Waals surface area contributed by atoms with Gasteiger partial charge in [-0.2, -0.15) is 0 Å². The molecule has 34 heavy (non-hydrogen) atoms. The number of aromatic nitrogens is 1. The van der Waals surface area contributed by atoms with Crippen LogP contribution in [0.3, 0.4) is 0 Å². The average Bonchev–Trinajstić information content (AvgIpc) is 3.14. The standard InChI is InChI=1S/C25H28N2O6S/c1-18-16-23(19(2)27(18)14-15-32-4)24(28)17-33-25(29)20-10-12-22(13-11-20)34(30,31)26(3)21-8-6-5-7-9-21/h5-13,16H,14-15,17H2,1-4H3. The molecule has 0 bridgehead atoms. The largest absolute Gasteiger partial charge is 0.454 e. The van der Waals surface area contributed by atoms with E-state index < -0.39 is 22.6 Å². The lowest BCUT2D eigenvalue weighted by Gasteiger charge is -2.19. The molecule has 0 N–H and O–H groups in total. The maximum Gasteiger partial charge on any atom is 0.338 e. The Bertz CT molecular complexity index is 1260. The lowest BCUT2D eigenvalue weighted by Crippen LogP contribution is -2.26. The maximum atomic E-state index is 12.9. The number of hydrogen-bond donors (Lipinski definition) is 0. The molecule has 0 radical (unpaired) electrons. The van der Waals surface area contributed by atoms with Crippen LogP contribution in [0.15, 0.2) is 65.6 Å². The van der Waals surface area contributed by atoms with Crippen LogP contribution in [0.2, 0.25) is 0 Å². The minimum Gasteiger partial charge on any atom is -0.454 e. The van der Waals surface area contributed by atoms with Crippen LogP contribution in [-0.4, -0.2) is 52.1 Å². The van der Waals surface area contributed by atoms with Crippen LogP contribution < -0.4 is 4.31 Å². The maximum absolute atomic E-state index is 12.9. The first-order chi connectivity index (χ1) is 16.2. The first kappa shape index (κ1) is 25.2. The third-order valence-electron chi connectivity index (χ3n) is 5.60. The molecule has 0 saturated carbocycles. The molecule has 0 aliphatic heterocycles. The van der Waals surface area contributed by atoms with Gasteiger partial charge in [-0.05, 0) is 56.3 Å². The number of ether oxygens (including phenoxy) is 2. The Morgan fingerprint density at radius 1 is 1.00 bits per heavy atom. The molecule has 9 heteroatoms. The van der Waals surface area contributed by atoms with Gasteiger partial charge in [-0.3, -0.25) is 9.10 Å². The highest BCUT2D eigenvalue weighted by Crippen LogP contribution is 2.22. The van der Waals surface area contributed by atoms with Gasteiger partial charge in [-0.15, -0.1) is 0 Å². The third-order valence-corrected chi connectivity index (χ3v) is 7.40. The molecule has 180 valence electrons. The van der Waals surface area contributed by atoms with Gasteiger partial charge in [0.25, 0.3) is 10.0 Å². The molecule has 0 saturated heterocycles. The van der Waals surface area contributed by atoms with Crippen molar-refractivity contribution in [3.63, 3.8) is 0 Å². The summed E-state index contributed by atoms with van der Waals surface area (Å²) in [7, 11) is -0.716. The van der Waals surface area contributed by atoms with E-state index in [1.807, 2.05) is 18.4 Å².